The Morgan fingerprint density at radius 2 is 1.82 bits per heavy atom. The Bertz CT molecular complexity index is 652. The van der Waals surface area contributed by atoms with Crippen molar-refractivity contribution in [1.82, 2.24) is 4.90 Å². The summed E-state index contributed by atoms with van der Waals surface area (Å²) in [5, 5.41) is 0. The van der Waals surface area contributed by atoms with Crippen molar-refractivity contribution in [2.24, 2.45) is 0 Å². The fourth-order valence-corrected chi connectivity index (χ4v) is 2.61. The zero-order chi connectivity index (χ0) is 15.4. The van der Waals surface area contributed by atoms with Crippen LogP contribution in [-0.2, 0) is 4.74 Å². The van der Waals surface area contributed by atoms with Crippen molar-refractivity contribution in [2.45, 2.75) is 12.6 Å². The first-order valence-electron chi connectivity index (χ1n) is 7.32. The second kappa shape index (κ2) is 6.54. The minimum atomic E-state index is -0.401. The van der Waals surface area contributed by atoms with E-state index in [0.29, 0.717) is 24.3 Å². The van der Waals surface area contributed by atoms with Crippen molar-refractivity contribution < 1.29 is 14.3 Å². The largest absolute Gasteiger partial charge is 0.354 e. The normalized spacial score (nSPS) is 18.0. The highest BCUT2D eigenvalue weighted by Gasteiger charge is 2.29. The molecule has 1 unspecified atom stereocenters. The number of hydrogen-bond donors (Lipinski definition) is 0. The lowest BCUT2D eigenvalue weighted by Gasteiger charge is -2.36. The zero-order valence-electron chi connectivity index (χ0n) is 12.1. The van der Waals surface area contributed by atoms with Gasteiger partial charge in [0.25, 0.3) is 5.91 Å². The predicted octanol–water partition coefficient (Wildman–Crippen LogP) is 3.06. The highest BCUT2D eigenvalue weighted by atomic mass is 16.5. The molecule has 2 aromatic carbocycles. The summed E-state index contributed by atoms with van der Waals surface area (Å²) >= 11 is 0. The molecule has 1 aliphatic rings. The highest BCUT2D eigenvalue weighted by molar-refractivity contribution is 5.94. The van der Waals surface area contributed by atoms with E-state index >= 15 is 0 Å². The lowest BCUT2D eigenvalue weighted by Crippen LogP contribution is -2.41. The fourth-order valence-electron chi connectivity index (χ4n) is 2.61. The summed E-state index contributed by atoms with van der Waals surface area (Å²) in [5.74, 6) is -0.0373. The summed E-state index contributed by atoms with van der Waals surface area (Å²) in [6.45, 7) is 1.28. The van der Waals surface area contributed by atoms with Crippen molar-refractivity contribution in [1.29, 1.82) is 0 Å². The third-order valence-corrected chi connectivity index (χ3v) is 3.74. The Morgan fingerprint density at radius 3 is 2.50 bits per heavy atom. The number of carbonyl (C=O) groups is 2. The van der Waals surface area contributed by atoms with Crippen LogP contribution in [-0.4, -0.2) is 30.2 Å². The Labute approximate surface area is 129 Å². The SMILES string of the molecule is O=Cc1ccc(C2OCCCN2C(=O)c2ccccc2)cc1. The van der Waals surface area contributed by atoms with Crippen LogP contribution in [0, 0.1) is 0 Å². The topological polar surface area (TPSA) is 46.6 Å². The first kappa shape index (κ1) is 14.5. The molecule has 0 saturated carbocycles. The number of ether oxygens (including phenoxy) is 1. The molecule has 1 saturated heterocycles. The van der Waals surface area contributed by atoms with E-state index in [1.54, 1.807) is 17.0 Å². The molecule has 1 heterocycles. The van der Waals surface area contributed by atoms with Crippen LogP contribution >= 0.6 is 0 Å². The van der Waals surface area contributed by atoms with Gasteiger partial charge in [-0.15, -0.1) is 0 Å². The maximum Gasteiger partial charge on any atom is 0.256 e. The van der Waals surface area contributed by atoms with Crippen molar-refractivity contribution in [3.05, 3.63) is 71.3 Å². The van der Waals surface area contributed by atoms with E-state index in [1.165, 1.54) is 0 Å². The van der Waals surface area contributed by atoms with E-state index in [4.69, 9.17) is 4.74 Å². The van der Waals surface area contributed by atoms with Crippen LogP contribution in [0.3, 0.4) is 0 Å². The molecule has 1 fully saturated rings. The highest BCUT2D eigenvalue weighted by Crippen LogP contribution is 2.28. The molecule has 3 rings (SSSR count). The summed E-state index contributed by atoms with van der Waals surface area (Å²) in [6, 6.07) is 16.4. The predicted molar refractivity (Wildman–Crippen MR) is 82.6 cm³/mol. The molecule has 1 aliphatic heterocycles. The number of aldehydes is 1. The number of amides is 1. The van der Waals surface area contributed by atoms with Crippen LogP contribution in [0.4, 0.5) is 0 Å². The quantitative estimate of drug-likeness (QED) is 0.818. The van der Waals surface area contributed by atoms with E-state index in [1.807, 2.05) is 42.5 Å². The minimum absolute atomic E-state index is 0.0373. The van der Waals surface area contributed by atoms with E-state index in [0.717, 1.165) is 18.3 Å². The summed E-state index contributed by atoms with van der Waals surface area (Å²) < 4.78 is 5.81. The Balaban J connectivity index is 1.87. The van der Waals surface area contributed by atoms with Gasteiger partial charge < -0.3 is 9.64 Å². The van der Waals surface area contributed by atoms with E-state index in [2.05, 4.69) is 0 Å². The molecule has 1 atom stereocenters. The lowest BCUT2D eigenvalue weighted by molar-refractivity contribution is -0.0799. The Hall–Kier alpha value is -2.46. The molecule has 0 aromatic heterocycles. The van der Waals surface area contributed by atoms with Gasteiger partial charge in [-0.1, -0.05) is 42.5 Å². The number of nitrogens with zero attached hydrogens (tertiary/aromatic N) is 1. The van der Waals surface area contributed by atoms with Gasteiger partial charge in [0, 0.05) is 23.2 Å². The molecule has 0 bridgehead atoms. The van der Waals surface area contributed by atoms with Crippen molar-refractivity contribution in [2.75, 3.05) is 13.2 Å². The van der Waals surface area contributed by atoms with Crippen LogP contribution < -0.4 is 0 Å². The average Bonchev–Trinajstić information content (AvgIpc) is 2.62. The smallest absolute Gasteiger partial charge is 0.256 e. The monoisotopic (exact) mass is 295 g/mol. The minimum Gasteiger partial charge on any atom is -0.354 e. The molecule has 2 aromatic rings. The Morgan fingerprint density at radius 1 is 1.09 bits per heavy atom. The lowest BCUT2D eigenvalue weighted by atomic mass is 10.1. The number of carbonyl (C=O) groups excluding carboxylic acids is 2. The van der Waals surface area contributed by atoms with Crippen LogP contribution in [0.15, 0.2) is 54.6 Å². The van der Waals surface area contributed by atoms with E-state index < -0.39 is 6.23 Å². The molecular formula is C18H17NO3. The number of benzene rings is 2. The van der Waals surface area contributed by atoms with Gasteiger partial charge in [0.1, 0.15) is 6.29 Å². The van der Waals surface area contributed by atoms with Crippen LogP contribution in [0.25, 0.3) is 0 Å². The van der Waals surface area contributed by atoms with Gasteiger partial charge in [-0.25, -0.2) is 0 Å². The third kappa shape index (κ3) is 2.92. The van der Waals surface area contributed by atoms with E-state index in [9.17, 15) is 9.59 Å². The van der Waals surface area contributed by atoms with Crippen molar-refractivity contribution in [3.63, 3.8) is 0 Å². The average molecular weight is 295 g/mol. The summed E-state index contributed by atoms with van der Waals surface area (Å²) in [7, 11) is 0. The maximum atomic E-state index is 12.7. The van der Waals surface area contributed by atoms with Crippen molar-refractivity contribution >= 4 is 12.2 Å². The third-order valence-electron chi connectivity index (χ3n) is 3.74. The molecule has 22 heavy (non-hydrogen) atoms. The van der Waals surface area contributed by atoms with Crippen molar-refractivity contribution in [3.8, 4) is 0 Å². The summed E-state index contributed by atoms with van der Waals surface area (Å²) in [4.78, 5) is 25.2. The fraction of sp³-hybridized carbons (Fsp3) is 0.222. The summed E-state index contributed by atoms with van der Waals surface area (Å²) in [5.41, 5.74) is 2.15. The van der Waals surface area contributed by atoms with Crippen LogP contribution in [0.1, 0.15) is 38.9 Å². The first-order chi connectivity index (χ1) is 10.8. The van der Waals surface area contributed by atoms with Crippen LogP contribution in [0.2, 0.25) is 0 Å². The number of rotatable bonds is 3. The molecule has 4 heteroatoms. The zero-order valence-corrected chi connectivity index (χ0v) is 12.1. The standard InChI is InChI=1S/C18H17NO3/c20-13-14-7-9-16(10-8-14)18-19(11-4-12-22-18)17(21)15-5-2-1-3-6-15/h1-3,5-10,13,18H,4,11-12H2. The second-order valence-electron chi connectivity index (χ2n) is 5.23. The molecule has 112 valence electrons. The molecule has 1 amide bonds. The van der Waals surface area contributed by atoms with Gasteiger partial charge in [-0.3, -0.25) is 9.59 Å². The van der Waals surface area contributed by atoms with Gasteiger partial charge in [0.05, 0.1) is 6.61 Å². The Kier molecular flexibility index (Phi) is 4.30. The van der Waals surface area contributed by atoms with E-state index in [-0.39, 0.29) is 5.91 Å². The number of hydrogen-bond acceptors (Lipinski definition) is 3. The van der Waals surface area contributed by atoms with Gasteiger partial charge in [-0.2, -0.15) is 0 Å². The second-order valence-corrected chi connectivity index (χ2v) is 5.23. The van der Waals surface area contributed by atoms with Crippen LogP contribution in [0.5, 0.6) is 0 Å². The molecule has 4 nitrogen and oxygen atoms in total. The van der Waals surface area contributed by atoms with Gasteiger partial charge in [0.15, 0.2) is 6.23 Å². The van der Waals surface area contributed by atoms with Gasteiger partial charge in [0.2, 0.25) is 0 Å². The molecular weight excluding hydrogens is 278 g/mol. The molecule has 0 spiro atoms. The maximum absolute atomic E-state index is 12.7. The van der Waals surface area contributed by atoms with Gasteiger partial charge in [-0.05, 0) is 18.6 Å². The summed E-state index contributed by atoms with van der Waals surface area (Å²) in [6.07, 6.45) is 1.22. The molecule has 0 radical (unpaired) electrons. The molecule has 0 N–H and O–H groups in total. The van der Waals surface area contributed by atoms with Gasteiger partial charge >= 0.3 is 0 Å². The molecule has 0 aliphatic carbocycles. The first-order valence-corrected chi connectivity index (χ1v) is 7.32.